The third kappa shape index (κ3) is 2.17. The molecule has 0 unspecified atom stereocenters. The fourth-order valence-electron chi connectivity index (χ4n) is 2.61. The highest BCUT2D eigenvalue weighted by Crippen LogP contribution is 2.22. The minimum absolute atomic E-state index is 0.0333. The fraction of sp³-hybridized carbons (Fsp3) is 0.429. The summed E-state index contributed by atoms with van der Waals surface area (Å²) in [5, 5.41) is 4.41. The zero-order valence-corrected chi connectivity index (χ0v) is 11.5. The van der Waals surface area contributed by atoms with Crippen LogP contribution in [0.5, 0.6) is 5.75 Å². The minimum atomic E-state index is -0.0333. The molecule has 1 aromatic carbocycles. The molecule has 2 heterocycles. The van der Waals surface area contributed by atoms with Crippen LogP contribution in [0.4, 0.5) is 5.69 Å². The molecule has 2 aromatic rings. The number of aromatic nitrogens is 3. The average Bonchev–Trinajstić information content (AvgIpc) is 2.76. The van der Waals surface area contributed by atoms with Crippen LogP contribution in [0.2, 0.25) is 0 Å². The van der Waals surface area contributed by atoms with Crippen molar-refractivity contribution in [2.75, 3.05) is 12.8 Å². The summed E-state index contributed by atoms with van der Waals surface area (Å²) in [6.07, 6.45) is 3.03. The van der Waals surface area contributed by atoms with Gasteiger partial charge in [0.05, 0.1) is 19.3 Å². The van der Waals surface area contributed by atoms with Crippen LogP contribution in [-0.2, 0) is 19.5 Å². The number of rotatable bonds is 3. The van der Waals surface area contributed by atoms with Crippen LogP contribution in [0.25, 0.3) is 0 Å². The van der Waals surface area contributed by atoms with Crippen LogP contribution in [0.3, 0.4) is 0 Å². The lowest BCUT2D eigenvalue weighted by Crippen LogP contribution is -2.27. The van der Waals surface area contributed by atoms with Gasteiger partial charge in [-0.15, -0.1) is 0 Å². The molecule has 1 aliphatic rings. The monoisotopic (exact) mass is 274 g/mol. The highest BCUT2D eigenvalue weighted by Gasteiger charge is 2.16. The van der Waals surface area contributed by atoms with Crippen molar-refractivity contribution in [1.82, 2.24) is 14.3 Å². The summed E-state index contributed by atoms with van der Waals surface area (Å²) in [4.78, 5) is 12.2. The third-order valence-corrected chi connectivity index (χ3v) is 3.66. The maximum Gasteiger partial charge on any atom is 0.346 e. The van der Waals surface area contributed by atoms with E-state index in [0.717, 1.165) is 37.2 Å². The Kier molecular flexibility index (Phi) is 3.22. The molecule has 1 aliphatic heterocycles. The van der Waals surface area contributed by atoms with Crippen LogP contribution in [-0.4, -0.2) is 21.5 Å². The van der Waals surface area contributed by atoms with Crippen molar-refractivity contribution < 1.29 is 4.74 Å². The smallest absolute Gasteiger partial charge is 0.346 e. The van der Waals surface area contributed by atoms with Gasteiger partial charge in [-0.05, 0) is 30.5 Å². The van der Waals surface area contributed by atoms with Gasteiger partial charge in [0, 0.05) is 13.0 Å². The molecule has 0 saturated carbocycles. The van der Waals surface area contributed by atoms with E-state index < -0.39 is 0 Å². The zero-order valence-electron chi connectivity index (χ0n) is 11.5. The molecule has 0 spiro atoms. The Bertz CT molecular complexity index is 687. The molecule has 0 radical (unpaired) electrons. The van der Waals surface area contributed by atoms with Gasteiger partial charge in [0.2, 0.25) is 0 Å². The topological polar surface area (TPSA) is 75.1 Å². The van der Waals surface area contributed by atoms with E-state index in [-0.39, 0.29) is 5.69 Å². The minimum Gasteiger partial charge on any atom is -0.495 e. The van der Waals surface area contributed by atoms with Crippen molar-refractivity contribution in [3.8, 4) is 5.75 Å². The number of ether oxygens (including phenoxy) is 1. The molecule has 0 aliphatic carbocycles. The van der Waals surface area contributed by atoms with Crippen LogP contribution >= 0.6 is 0 Å². The second kappa shape index (κ2) is 5.03. The molecule has 20 heavy (non-hydrogen) atoms. The van der Waals surface area contributed by atoms with E-state index in [1.165, 1.54) is 4.68 Å². The molecule has 0 atom stereocenters. The van der Waals surface area contributed by atoms with E-state index in [1.807, 2.05) is 18.2 Å². The van der Waals surface area contributed by atoms with E-state index in [4.69, 9.17) is 10.5 Å². The molecule has 0 fully saturated rings. The molecule has 2 N–H and O–H groups in total. The molecular weight excluding hydrogens is 256 g/mol. The average molecular weight is 274 g/mol. The number of fused-ring (bicyclic) bond motifs is 1. The van der Waals surface area contributed by atoms with Crippen LogP contribution < -0.4 is 16.2 Å². The number of methoxy groups -OCH3 is 1. The van der Waals surface area contributed by atoms with Crippen molar-refractivity contribution >= 4 is 5.69 Å². The van der Waals surface area contributed by atoms with E-state index in [2.05, 4.69) is 5.10 Å². The number of aryl methyl sites for hydroxylation is 1. The third-order valence-electron chi connectivity index (χ3n) is 3.66. The van der Waals surface area contributed by atoms with Gasteiger partial charge < -0.3 is 10.5 Å². The Morgan fingerprint density at radius 3 is 2.95 bits per heavy atom. The SMILES string of the molecule is COc1ccc(Cn2nc3n(c2=O)CCCC3)cc1N. The van der Waals surface area contributed by atoms with E-state index in [9.17, 15) is 4.79 Å². The predicted molar refractivity (Wildman–Crippen MR) is 75.9 cm³/mol. The number of benzene rings is 1. The van der Waals surface area contributed by atoms with Gasteiger partial charge in [-0.2, -0.15) is 5.10 Å². The van der Waals surface area contributed by atoms with Crippen molar-refractivity contribution in [2.45, 2.75) is 32.4 Å². The van der Waals surface area contributed by atoms with E-state index in [1.54, 1.807) is 11.7 Å². The molecule has 106 valence electrons. The summed E-state index contributed by atoms with van der Waals surface area (Å²) < 4.78 is 8.42. The number of nitrogens with zero attached hydrogens (tertiary/aromatic N) is 3. The molecule has 6 heteroatoms. The van der Waals surface area contributed by atoms with Gasteiger partial charge in [0.1, 0.15) is 11.6 Å². The summed E-state index contributed by atoms with van der Waals surface area (Å²) in [7, 11) is 1.58. The zero-order chi connectivity index (χ0) is 14.1. The Hall–Kier alpha value is -2.24. The number of anilines is 1. The number of nitrogen functional groups attached to an aromatic ring is 1. The maximum atomic E-state index is 12.2. The first-order valence-electron chi connectivity index (χ1n) is 6.78. The summed E-state index contributed by atoms with van der Waals surface area (Å²) in [6, 6.07) is 5.54. The van der Waals surface area contributed by atoms with E-state index in [0.29, 0.717) is 18.0 Å². The van der Waals surface area contributed by atoms with Crippen LogP contribution in [0.1, 0.15) is 24.2 Å². The van der Waals surface area contributed by atoms with Crippen molar-refractivity contribution in [3.05, 3.63) is 40.1 Å². The molecule has 3 rings (SSSR count). The van der Waals surface area contributed by atoms with E-state index >= 15 is 0 Å². The molecule has 0 amide bonds. The summed E-state index contributed by atoms with van der Waals surface area (Å²) >= 11 is 0. The van der Waals surface area contributed by atoms with Crippen molar-refractivity contribution in [2.24, 2.45) is 0 Å². The fourth-order valence-corrected chi connectivity index (χ4v) is 2.61. The summed E-state index contributed by atoms with van der Waals surface area (Å²) in [5.74, 6) is 1.54. The molecule has 1 aromatic heterocycles. The van der Waals surface area contributed by atoms with Gasteiger partial charge in [-0.1, -0.05) is 6.07 Å². The van der Waals surface area contributed by atoms with Crippen LogP contribution in [0, 0.1) is 0 Å². The molecule has 0 saturated heterocycles. The Morgan fingerprint density at radius 1 is 1.40 bits per heavy atom. The standard InChI is InChI=1S/C14H18N4O2/c1-20-12-6-5-10(8-11(12)15)9-18-14(19)17-7-3-2-4-13(17)16-18/h5-6,8H,2-4,7,9,15H2,1H3. The van der Waals surface area contributed by atoms with Gasteiger partial charge in [-0.3, -0.25) is 4.57 Å². The highest BCUT2D eigenvalue weighted by molar-refractivity contribution is 5.54. The molecular formula is C14H18N4O2. The Labute approximate surface area is 116 Å². The van der Waals surface area contributed by atoms with Crippen molar-refractivity contribution in [1.29, 1.82) is 0 Å². The summed E-state index contributed by atoms with van der Waals surface area (Å²) in [6.45, 7) is 1.21. The number of hydrogen-bond acceptors (Lipinski definition) is 4. The first-order valence-corrected chi connectivity index (χ1v) is 6.78. The largest absolute Gasteiger partial charge is 0.495 e. The first kappa shape index (κ1) is 12.8. The number of hydrogen-bond donors (Lipinski definition) is 1. The van der Waals surface area contributed by atoms with Crippen LogP contribution in [0.15, 0.2) is 23.0 Å². The normalized spacial score (nSPS) is 14.1. The lowest BCUT2D eigenvalue weighted by Gasteiger charge is -2.09. The molecule has 0 bridgehead atoms. The molecule has 6 nitrogen and oxygen atoms in total. The first-order chi connectivity index (χ1) is 9.69. The quantitative estimate of drug-likeness (QED) is 0.848. The lowest BCUT2D eigenvalue weighted by atomic mass is 10.2. The second-order valence-corrected chi connectivity index (χ2v) is 5.04. The Morgan fingerprint density at radius 2 is 2.25 bits per heavy atom. The lowest BCUT2D eigenvalue weighted by molar-refractivity contribution is 0.417. The summed E-state index contributed by atoms with van der Waals surface area (Å²) in [5.41, 5.74) is 7.37. The number of nitrogens with two attached hydrogens (primary N) is 1. The predicted octanol–water partition coefficient (Wildman–Crippen LogP) is 1.02. The van der Waals surface area contributed by atoms with Gasteiger partial charge in [0.25, 0.3) is 0 Å². The van der Waals surface area contributed by atoms with Gasteiger partial charge >= 0.3 is 5.69 Å². The van der Waals surface area contributed by atoms with Crippen molar-refractivity contribution in [3.63, 3.8) is 0 Å². The Balaban J connectivity index is 1.90. The maximum absolute atomic E-state index is 12.2. The highest BCUT2D eigenvalue weighted by atomic mass is 16.5. The van der Waals surface area contributed by atoms with Gasteiger partial charge in [-0.25, -0.2) is 9.48 Å². The second-order valence-electron chi connectivity index (χ2n) is 5.04. The van der Waals surface area contributed by atoms with Gasteiger partial charge in [0.15, 0.2) is 0 Å².